The Bertz CT molecular complexity index is 460. The lowest BCUT2D eigenvalue weighted by Crippen LogP contribution is -2.10. The predicted octanol–water partition coefficient (Wildman–Crippen LogP) is 2.19. The minimum absolute atomic E-state index is 0.394. The SMILES string of the molecule is c1cc(-c2nn[nH]n2)ccc1OC1CCCC1. The highest BCUT2D eigenvalue weighted by Gasteiger charge is 2.16. The molecule has 0 unspecified atom stereocenters. The molecule has 0 aliphatic heterocycles. The van der Waals surface area contributed by atoms with E-state index >= 15 is 0 Å². The highest BCUT2D eigenvalue weighted by Crippen LogP contribution is 2.25. The monoisotopic (exact) mass is 230 g/mol. The van der Waals surface area contributed by atoms with Crippen molar-refractivity contribution in [2.45, 2.75) is 31.8 Å². The van der Waals surface area contributed by atoms with Crippen LogP contribution in [0.1, 0.15) is 25.7 Å². The number of hydrogen-bond donors (Lipinski definition) is 1. The van der Waals surface area contributed by atoms with Crippen molar-refractivity contribution in [3.63, 3.8) is 0 Å². The predicted molar refractivity (Wildman–Crippen MR) is 62.5 cm³/mol. The number of ether oxygens (including phenoxy) is 1. The van der Waals surface area contributed by atoms with Crippen LogP contribution in [-0.2, 0) is 0 Å². The van der Waals surface area contributed by atoms with E-state index in [0.717, 1.165) is 11.3 Å². The molecule has 88 valence electrons. The van der Waals surface area contributed by atoms with Gasteiger partial charge in [-0.25, -0.2) is 0 Å². The zero-order valence-electron chi connectivity index (χ0n) is 9.47. The van der Waals surface area contributed by atoms with E-state index < -0.39 is 0 Å². The highest BCUT2D eigenvalue weighted by atomic mass is 16.5. The first-order valence-corrected chi connectivity index (χ1v) is 5.92. The summed E-state index contributed by atoms with van der Waals surface area (Å²) in [7, 11) is 0. The first-order chi connectivity index (χ1) is 8.42. The third-order valence-electron chi connectivity index (χ3n) is 3.06. The van der Waals surface area contributed by atoms with Gasteiger partial charge in [-0.05, 0) is 55.2 Å². The summed E-state index contributed by atoms with van der Waals surface area (Å²) >= 11 is 0. The van der Waals surface area contributed by atoms with Crippen molar-refractivity contribution in [2.24, 2.45) is 0 Å². The molecule has 1 heterocycles. The molecule has 1 saturated carbocycles. The fraction of sp³-hybridized carbons (Fsp3) is 0.417. The highest BCUT2D eigenvalue weighted by molar-refractivity contribution is 5.54. The van der Waals surface area contributed by atoms with Gasteiger partial charge in [0.1, 0.15) is 5.75 Å². The molecule has 1 N–H and O–H groups in total. The van der Waals surface area contributed by atoms with Crippen LogP contribution in [0, 0.1) is 0 Å². The number of hydrogen-bond acceptors (Lipinski definition) is 4. The zero-order valence-corrected chi connectivity index (χ0v) is 9.47. The largest absolute Gasteiger partial charge is 0.490 e. The van der Waals surface area contributed by atoms with Gasteiger partial charge in [0.15, 0.2) is 0 Å². The summed E-state index contributed by atoms with van der Waals surface area (Å²) in [5.41, 5.74) is 0.942. The van der Waals surface area contributed by atoms with Gasteiger partial charge in [0.25, 0.3) is 0 Å². The second-order valence-corrected chi connectivity index (χ2v) is 4.28. The zero-order chi connectivity index (χ0) is 11.5. The topological polar surface area (TPSA) is 63.7 Å². The number of tetrazole rings is 1. The Hall–Kier alpha value is -1.91. The van der Waals surface area contributed by atoms with Gasteiger partial charge in [-0.3, -0.25) is 0 Å². The van der Waals surface area contributed by atoms with Crippen molar-refractivity contribution in [3.05, 3.63) is 24.3 Å². The van der Waals surface area contributed by atoms with Crippen LogP contribution in [0.5, 0.6) is 5.75 Å². The van der Waals surface area contributed by atoms with E-state index in [2.05, 4.69) is 20.6 Å². The maximum Gasteiger partial charge on any atom is 0.204 e. The lowest BCUT2D eigenvalue weighted by molar-refractivity contribution is 0.210. The number of nitrogens with zero attached hydrogens (tertiary/aromatic N) is 3. The molecule has 0 spiro atoms. The molecule has 17 heavy (non-hydrogen) atoms. The third kappa shape index (κ3) is 2.27. The normalized spacial score (nSPS) is 16.2. The molecule has 5 heteroatoms. The maximum atomic E-state index is 5.88. The molecule has 1 aromatic carbocycles. The quantitative estimate of drug-likeness (QED) is 0.877. The first-order valence-electron chi connectivity index (χ1n) is 5.92. The standard InChI is InChI=1S/C12H14N4O/c1-2-4-10(3-1)17-11-7-5-9(6-8-11)12-13-15-16-14-12/h5-8,10H,1-4H2,(H,13,14,15,16). The van der Waals surface area contributed by atoms with Gasteiger partial charge in [0.2, 0.25) is 5.82 Å². The maximum absolute atomic E-state index is 5.88. The van der Waals surface area contributed by atoms with E-state index in [1.54, 1.807) is 0 Å². The van der Waals surface area contributed by atoms with Crippen LogP contribution in [0.25, 0.3) is 11.4 Å². The molecule has 1 aliphatic rings. The second-order valence-electron chi connectivity index (χ2n) is 4.28. The molecule has 2 aromatic rings. The average Bonchev–Trinajstić information content (AvgIpc) is 3.01. The lowest BCUT2D eigenvalue weighted by atomic mass is 10.2. The molecule has 0 amide bonds. The van der Waals surface area contributed by atoms with Gasteiger partial charge in [-0.1, -0.05) is 0 Å². The third-order valence-corrected chi connectivity index (χ3v) is 3.06. The van der Waals surface area contributed by atoms with Crippen molar-refractivity contribution in [1.82, 2.24) is 20.6 Å². The van der Waals surface area contributed by atoms with Crippen LogP contribution in [0.3, 0.4) is 0 Å². The Kier molecular flexibility index (Phi) is 2.73. The van der Waals surface area contributed by atoms with Gasteiger partial charge in [0.05, 0.1) is 6.10 Å². The number of H-pyrrole nitrogens is 1. The minimum atomic E-state index is 0.394. The van der Waals surface area contributed by atoms with Crippen molar-refractivity contribution in [1.29, 1.82) is 0 Å². The Morgan fingerprint density at radius 1 is 1.12 bits per heavy atom. The van der Waals surface area contributed by atoms with Crippen LogP contribution in [-0.4, -0.2) is 26.7 Å². The summed E-state index contributed by atoms with van der Waals surface area (Å²) in [5.74, 6) is 1.53. The van der Waals surface area contributed by atoms with Gasteiger partial charge >= 0.3 is 0 Å². The average molecular weight is 230 g/mol. The molecule has 3 rings (SSSR count). The Balaban J connectivity index is 1.71. The Morgan fingerprint density at radius 2 is 1.88 bits per heavy atom. The van der Waals surface area contributed by atoms with Gasteiger partial charge in [-0.2, -0.15) is 5.21 Å². The number of rotatable bonds is 3. The molecular formula is C12H14N4O. The van der Waals surface area contributed by atoms with Crippen molar-refractivity contribution in [3.8, 4) is 17.1 Å². The van der Waals surface area contributed by atoms with E-state index in [4.69, 9.17) is 4.74 Å². The summed E-state index contributed by atoms with van der Waals surface area (Å²) in [4.78, 5) is 0. The summed E-state index contributed by atoms with van der Waals surface area (Å²) in [6.07, 6.45) is 5.31. The molecule has 0 bridgehead atoms. The Morgan fingerprint density at radius 3 is 2.53 bits per heavy atom. The van der Waals surface area contributed by atoms with E-state index in [9.17, 15) is 0 Å². The van der Waals surface area contributed by atoms with Crippen LogP contribution in [0.2, 0.25) is 0 Å². The van der Waals surface area contributed by atoms with Gasteiger partial charge < -0.3 is 4.74 Å². The molecule has 0 saturated heterocycles. The molecular weight excluding hydrogens is 216 g/mol. The second kappa shape index (κ2) is 4.53. The lowest BCUT2D eigenvalue weighted by Gasteiger charge is -2.12. The number of aromatic amines is 1. The Labute approximate surface area is 99.2 Å². The van der Waals surface area contributed by atoms with Crippen LogP contribution < -0.4 is 4.74 Å². The number of aromatic nitrogens is 4. The molecule has 1 aliphatic carbocycles. The van der Waals surface area contributed by atoms with E-state index in [-0.39, 0.29) is 0 Å². The van der Waals surface area contributed by atoms with Crippen LogP contribution in [0.4, 0.5) is 0 Å². The number of benzene rings is 1. The van der Waals surface area contributed by atoms with E-state index in [0.29, 0.717) is 11.9 Å². The van der Waals surface area contributed by atoms with Crippen LogP contribution in [0.15, 0.2) is 24.3 Å². The summed E-state index contributed by atoms with van der Waals surface area (Å²) in [6, 6.07) is 7.83. The van der Waals surface area contributed by atoms with Crippen molar-refractivity contribution in [2.75, 3.05) is 0 Å². The minimum Gasteiger partial charge on any atom is -0.490 e. The van der Waals surface area contributed by atoms with E-state index in [1.165, 1.54) is 25.7 Å². The summed E-state index contributed by atoms with van der Waals surface area (Å²) in [6.45, 7) is 0. The van der Waals surface area contributed by atoms with Gasteiger partial charge in [-0.15, -0.1) is 10.2 Å². The molecule has 1 fully saturated rings. The van der Waals surface area contributed by atoms with Crippen LogP contribution >= 0.6 is 0 Å². The summed E-state index contributed by atoms with van der Waals surface area (Å²) in [5, 5.41) is 13.8. The molecule has 0 radical (unpaired) electrons. The fourth-order valence-corrected chi connectivity index (χ4v) is 2.17. The van der Waals surface area contributed by atoms with Crippen molar-refractivity contribution >= 4 is 0 Å². The summed E-state index contributed by atoms with van der Waals surface area (Å²) < 4.78 is 5.88. The molecule has 5 nitrogen and oxygen atoms in total. The van der Waals surface area contributed by atoms with Gasteiger partial charge in [0, 0.05) is 5.56 Å². The smallest absolute Gasteiger partial charge is 0.204 e. The van der Waals surface area contributed by atoms with E-state index in [1.807, 2.05) is 24.3 Å². The van der Waals surface area contributed by atoms with Crippen molar-refractivity contribution < 1.29 is 4.74 Å². The number of nitrogens with one attached hydrogen (secondary N) is 1. The molecule has 0 atom stereocenters. The molecule has 1 aromatic heterocycles. The fourth-order valence-electron chi connectivity index (χ4n) is 2.17. The first kappa shape index (κ1) is 10.3.